The van der Waals surface area contributed by atoms with Crippen molar-refractivity contribution >= 4 is 66.1 Å². The maximum absolute atomic E-state index is 5.34. The molecule has 0 saturated carbocycles. The molecule has 0 radical (unpaired) electrons. The Balaban J connectivity index is 1.30. The normalized spacial score (nSPS) is 15.0. The summed E-state index contributed by atoms with van der Waals surface area (Å²) in [6.07, 6.45) is -0.303. The van der Waals surface area contributed by atoms with Crippen molar-refractivity contribution in [2.75, 3.05) is 0 Å². The predicted molar refractivity (Wildman–Crippen MR) is 198 cm³/mol. The third-order valence-corrected chi connectivity index (χ3v) is 9.65. The monoisotopic (exact) mass is 616 g/mol. The van der Waals surface area contributed by atoms with E-state index in [-0.39, 0.29) is 6.29 Å². The van der Waals surface area contributed by atoms with E-state index in [9.17, 15) is 0 Å². The van der Waals surface area contributed by atoms with Gasteiger partial charge in [0.1, 0.15) is 0 Å². The molecule has 0 fully saturated rings. The van der Waals surface area contributed by atoms with E-state index in [0.29, 0.717) is 0 Å². The number of benzene rings is 7. The van der Waals surface area contributed by atoms with Crippen molar-refractivity contribution in [1.29, 1.82) is 0 Å². The number of para-hydroxylation sites is 2. The molecule has 226 valence electrons. The maximum atomic E-state index is 5.34. The molecule has 1 unspecified atom stereocenters. The van der Waals surface area contributed by atoms with Crippen LogP contribution in [0.5, 0.6) is 0 Å². The van der Waals surface area contributed by atoms with Gasteiger partial charge >= 0.3 is 0 Å². The molecule has 1 atom stereocenters. The van der Waals surface area contributed by atoms with E-state index in [1.807, 2.05) is 24.3 Å². The molecular formula is C43H30N5+. The van der Waals surface area contributed by atoms with E-state index in [2.05, 4.69) is 154 Å². The first-order valence-electron chi connectivity index (χ1n) is 16.4. The van der Waals surface area contributed by atoms with Crippen LogP contribution in [0.25, 0.3) is 60.1 Å². The van der Waals surface area contributed by atoms with Gasteiger partial charge in [-0.25, -0.2) is 0 Å². The summed E-state index contributed by atoms with van der Waals surface area (Å²) in [7, 11) is 0. The zero-order valence-corrected chi connectivity index (χ0v) is 26.0. The molecule has 48 heavy (non-hydrogen) atoms. The molecule has 1 aliphatic rings. The van der Waals surface area contributed by atoms with Crippen LogP contribution in [-0.2, 0) is 0 Å². The third kappa shape index (κ3) is 4.08. The van der Waals surface area contributed by atoms with Crippen molar-refractivity contribution in [2.45, 2.75) is 6.29 Å². The summed E-state index contributed by atoms with van der Waals surface area (Å²) in [6, 6.07) is 58.2. The Morgan fingerprint density at radius 2 is 1.15 bits per heavy atom. The minimum atomic E-state index is -0.303. The van der Waals surface area contributed by atoms with Crippen LogP contribution in [0, 0.1) is 0 Å². The quantitative estimate of drug-likeness (QED) is 0.205. The summed E-state index contributed by atoms with van der Waals surface area (Å²) >= 11 is 0. The number of quaternary nitrogens is 1. The third-order valence-electron chi connectivity index (χ3n) is 9.65. The average molecular weight is 617 g/mol. The van der Waals surface area contributed by atoms with Gasteiger partial charge < -0.3 is 4.57 Å². The van der Waals surface area contributed by atoms with Crippen molar-refractivity contribution in [2.24, 2.45) is 9.98 Å². The fourth-order valence-electron chi connectivity index (χ4n) is 7.53. The second-order valence-corrected chi connectivity index (χ2v) is 12.4. The number of amidine groups is 2. The minimum Gasteiger partial charge on any atom is -0.309 e. The average Bonchev–Trinajstić information content (AvgIpc) is 3.67. The molecule has 1 aliphatic heterocycles. The zero-order chi connectivity index (χ0) is 31.6. The van der Waals surface area contributed by atoms with Gasteiger partial charge in [0.2, 0.25) is 5.84 Å². The van der Waals surface area contributed by atoms with Crippen LogP contribution in [0.1, 0.15) is 17.4 Å². The fourth-order valence-corrected chi connectivity index (χ4v) is 7.53. The van der Waals surface area contributed by atoms with E-state index in [4.69, 9.17) is 9.98 Å². The molecule has 2 aromatic heterocycles. The molecule has 5 nitrogen and oxygen atoms in total. The van der Waals surface area contributed by atoms with E-state index >= 15 is 0 Å². The highest BCUT2D eigenvalue weighted by atomic mass is 15.3. The number of hydrogen-bond donors (Lipinski definition) is 1. The number of hydrogen-bond acceptors (Lipinski definition) is 2. The van der Waals surface area contributed by atoms with Gasteiger partial charge in [0, 0.05) is 32.8 Å². The lowest BCUT2D eigenvalue weighted by Gasteiger charge is -2.21. The van der Waals surface area contributed by atoms with Crippen LogP contribution < -0.4 is 5.32 Å². The molecule has 0 amide bonds. The van der Waals surface area contributed by atoms with Gasteiger partial charge in [-0.3, -0.25) is 9.88 Å². The van der Waals surface area contributed by atoms with Crippen LogP contribution in [0.2, 0.25) is 0 Å². The van der Waals surface area contributed by atoms with Crippen molar-refractivity contribution in [3.05, 3.63) is 175 Å². The van der Waals surface area contributed by atoms with E-state index in [1.54, 1.807) is 0 Å². The van der Waals surface area contributed by atoms with Crippen LogP contribution in [0.3, 0.4) is 0 Å². The lowest BCUT2D eigenvalue weighted by atomic mass is 10.0. The highest BCUT2D eigenvalue weighted by Gasteiger charge is 2.29. The van der Waals surface area contributed by atoms with Crippen molar-refractivity contribution < 1.29 is 5.32 Å². The largest absolute Gasteiger partial charge is 0.309 e. The highest BCUT2D eigenvalue weighted by molar-refractivity contribution is 6.25. The number of nitrogens with zero attached hydrogens (tertiary/aromatic N) is 4. The van der Waals surface area contributed by atoms with Gasteiger partial charge in [-0.1, -0.05) is 115 Å². The van der Waals surface area contributed by atoms with Crippen LogP contribution in [-0.4, -0.2) is 20.8 Å². The Labute approximate surface area is 276 Å². The van der Waals surface area contributed by atoms with E-state index in [0.717, 1.165) is 39.5 Å². The number of nitrogens with two attached hydrogens (primary N) is 1. The summed E-state index contributed by atoms with van der Waals surface area (Å²) in [5.74, 6) is 1.66. The summed E-state index contributed by atoms with van der Waals surface area (Å²) in [5.41, 5.74) is 7.87. The van der Waals surface area contributed by atoms with Crippen molar-refractivity contribution in [3.63, 3.8) is 0 Å². The molecule has 3 heterocycles. The molecule has 2 N–H and O–H groups in total. The number of aliphatic imine (C=N–C) groups is 2. The van der Waals surface area contributed by atoms with Gasteiger partial charge in [0.15, 0.2) is 5.84 Å². The SMILES string of the molecule is c1ccc(C2=NC(n3c4ccccc4c4cc5c6c7ccccc7ccc6n(-c6ccccc6)c5cc43)[NH2+]C(c3ccccc3)=N2)cc1. The first-order valence-corrected chi connectivity index (χ1v) is 16.4. The Hall–Kier alpha value is -6.30. The minimum absolute atomic E-state index is 0.303. The molecule has 10 rings (SSSR count). The molecule has 0 aliphatic carbocycles. The standard InChI is InChI=1S/C43H29N5/c1-4-15-29(16-5-1)41-44-42(30-17-6-2-7-18-30)46-43(45-41)48-36-23-13-12-22-33(36)34-26-35-39(27-38(34)48)47(31-19-8-3-9-20-31)37-25-24-28-14-10-11-21-32(28)40(35)37/h1-27,43H,(H,44,45,46)/p+1. The van der Waals surface area contributed by atoms with Gasteiger partial charge in [-0.15, -0.1) is 0 Å². The van der Waals surface area contributed by atoms with Crippen LogP contribution >= 0.6 is 0 Å². The van der Waals surface area contributed by atoms with Gasteiger partial charge in [0.25, 0.3) is 6.29 Å². The van der Waals surface area contributed by atoms with E-state index < -0.39 is 0 Å². The number of rotatable bonds is 4. The highest BCUT2D eigenvalue weighted by Crippen LogP contribution is 2.41. The van der Waals surface area contributed by atoms with E-state index in [1.165, 1.54) is 43.4 Å². The predicted octanol–water partition coefficient (Wildman–Crippen LogP) is 8.97. The Kier molecular flexibility index (Phi) is 5.95. The zero-order valence-electron chi connectivity index (χ0n) is 26.0. The lowest BCUT2D eigenvalue weighted by molar-refractivity contribution is -0.603. The lowest BCUT2D eigenvalue weighted by Crippen LogP contribution is -2.91. The van der Waals surface area contributed by atoms with Gasteiger partial charge in [0.05, 0.1) is 27.6 Å². The summed E-state index contributed by atoms with van der Waals surface area (Å²) in [5, 5.41) is 9.66. The second kappa shape index (κ2) is 10.6. The molecule has 0 saturated heterocycles. The van der Waals surface area contributed by atoms with Gasteiger partial charge in [-0.2, -0.15) is 9.98 Å². The first-order chi connectivity index (χ1) is 23.8. The second-order valence-electron chi connectivity index (χ2n) is 12.4. The molecule has 7 aromatic carbocycles. The Morgan fingerprint density at radius 1 is 0.479 bits per heavy atom. The molecule has 0 bridgehead atoms. The summed E-state index contributed by atoms with van der Waals surface area (Å²) in [6.45, 7) is 0. The smallest absolute Gasteiger partial charge is 0.272 e. The van der Waals surface area contributed by atoms with Crippen molar-refractivity contribution in [3.8, 4) is 5.69 Å². The number of aromatic nitrogens is 2. The molecule has 9 aromatic rings. The van der Waals surface area contributed by atoms with Crippen LogP contribution in [0.15, 0.2) is 174 Å². The molecule has 0 spiro atoms. The molecule has 5 heteroatoms. The van der Waals surface area contributed by atoms with Crippen LogP contribution in [0.4, 0.5) is 0 Å². The summed E-state index contributed by atoms with van der Waals surface area (Å²) < 4.78 is 4.81. The molecular weight excluding hydrogens is 587 g/mol. The topological polar surface area (TPSA) is 51.2 Å². The van der Waals surface area contributed by atoms with Crippen molar-refractivity contribution in [1.82, 2.24) is 9.13 Å². The Bertz CT molecular complexity index is 2740. The Morgan fingerprint density at radius 3 is 1.94 bits per heavy atom. The van der Waals surface area contributed by atoms with Gasteiger partial charge in [-0.05, 0) is 59.3 Å². The fraction of sp³-hybridized carbons (Fsp3) is 0.0233. The first kappa shape index (κ1) is 26.9. The maximum Gasteiger partial charge on any atom is 0.272 e. The summed E-state index contributed by atoms with van der Waals surface area (Å²) in [4.78, 5) is 10.4. The number of fused-ring (bicyclic) bond motifs is 8.